The molecule has 1 N–H and O–H groups in total. The average Bonchev–Trinajstić information content (AvgIpc) is 3.09. The highest BCUT2D eigenvalue weighted by Crippen LogP contribution is 2.07. The summed E-state index contributed by atoms with van der Waals surface area (Å²) in [5, 5.41) is 14.6. The van der Waals surface area contributed by atoms with Crippen molar-refractivity contribution in [3.05, 3.63) is 60.2 Å². The molecule has 0 spiro atoms. The first-order chi connectivity index (χ1) is 10.2. The molecule has 7 nitrogen and oxygen atoms in total. The Hall–Kier alpha value is -2.96. The van der Waals surface area contributed by atoms with Crippen LogP contribution in [0.2, 0.25) is 0 Å². The van der Waals surface area contributed by atoms with Gasteiger partial charge in [-0.15, -0.1) is 5.10 Å². The van der Waals surface area contributed by atoms with Gasteiger partial charge in [0.1, 0.15) is 0 Å². The summed E-state index contributed by atoms with van der Waals surface area (Å²) in [6, 6.07) is 9.87. The molecule has 0 atom stereocenters. The molecule has 2 aromatic heterocycles. The zero-order chi connectivity index (χ0) is 14.7. The van der Waals surface area contributed by atoms with Crippen LogP contribution < -0.4 is 5.32 Å². The third-order valence-electron chi connectivity index (χ3n) is 2.92. The fourth-order valence-electron chi connectivity index (χ4n) is 1.93. The van der Waals surface area contributed by atoms with E-state index in [2.05, 4.69) is 20.7 Å². The van der Waals surface area contributed by atoms with Crippen LogP contribution in [0.3, 0.4) is 0 Å². The van der Waals surface area contributed by atoms with Gasteiger partial charge in [-0.05, 0) is 5.56 Å². The number of amides is 1. The van der Waals surface area contributed by atoms with Gasteiger partial charge in [0.25, 0.3) is 5.91 Å². The highest BCUT2D eigenvalue weighted by atomic mass is 16.2. The molecule has 2 heterocycles. The molecule has 0 fully saturated rings. The van der Waals surface area contributed by atoms with E-state index in [0.717, 1.165) is 5.56 Å². The number of aromatic nitrogens is 5. The van der Waals surface area contributed by atoms with Gasteiger partial charge in [-0.25, -0.2) is 4.68 Å². The summed E-state index contributed by atoms with van der Waals surface area (Å²) in [7, 11) is 1.78. The van der Waals surface area contributed by atoms with Crippen molar-refractivity contribution in [2.75, 3.05) is 5.32 Å². The van der Waals surface area contributed by atoms with E-state index in [9.17, 15) is 4.79 Å². The minimum absolute atomic E-state index is 0.273. The molecular weight excluding hydrogens is 268 g/mol. The molecule has 0 aliphatic rings. The highest BCUT2D eigenvalue weighted by Gasteiger charge is 2.11. The van der Waals surface area contributed by atoms with Crippen LogP contribution in [0.15, 0.2) is 48.9 Å². The second-order valence-corrected chi connectivity index (χ2v) is 4.64. The van der Waals surface area contributed by atoms with Gasteiger partial charge in [-0.3, -0.25) is 9.48 Å². The third-order valence-corrected chi connectivity index (χ3v) is 2.92. The van der Waals surface area contributed by atoms with Crippen LogP contribution in [0.25, 0.3) is 0 Å². The lowest BCUT2D eigenvalue weighted by Crippen LogP contribution is -2.12. The van der Waals surface area contributed by atoms with Gasteiger partial charge in [-0.2, -0.15) is 5.10 Å². The van der Waals surface area contributed by atoms with Gasteiger partial charge in [0.05, 0.1) is 24.6 Å². The first-order valence-electron chi connectivity index (χ1n) is 6.45. The Kier molecular flexibility index (Phi) is 3.46. The van der Waals surface area contributed by atoms with Crippen molar-refractivity contribution in [3.8, 4) is 0 Å². The summed E-state index contributed by atoms with van der Waals surface area (Å²) in [4.78, 5) is 12.0. The Morgan fingerprint density at radius 1 is 1.24 bits per heavy atom. The molecule has 0 aliphatic heterocycles. The van der Waals surface area contributed by atoms with Crippen LogP contribution in [0.1, 0.15) is 16.1 Å². The number of hydrogen-bond donors (Lipinski definition) is 1. The first-order valence-corrected chi connectivity index (χ1v) is 6.45. The topological polar surface area (TPSA) is 77.6 Å². The van der Waals surface area contributed by atoms with Crippen LogP contribution >= 0.6 is 0 Å². The van der Waals surface area contributed by atoms with Crippen LogP contribution in [0.4, 0.5) is 5.69 Å². The van der Waals surface area contributed by atoms with E-state index in [1.54, 1.807) is 35.0 Å². The van der Waals surface area contributed by atoms with Crippen molar-refractivity contribution in [2.45, 2.75) is 6.54 Å². The van der Waals surface area contributed by atoms with Crippen molar-refractivity contribution in [1.82, 2.24) is 24.8 Å². The Bertz CT molecular complexity index is 746. The largest absolute Gasteiger partial charge is 0.318 e. The lowest BCUT2D eigenvalue weighted by Gasteiger charge is -1.99. The molecule has 0 radical (unpaired) electrons. The number of aryl methyl sites for hydroxylation is 1. The van der Waals surface area contributed by atoms with Crippen molar-refractivity contribution in [3.63, 3.8) is 0 Å². The maximum Gasteiger partial charge on any atom is 0.277 e. The SMILES string of the molecule is Cn1cc(NC(=O)c2cn(Cc3ccccc3)nn2)cn1. The molecule has 3 rings (SSSR count). The summed E-state index contributed by atoms with van der Waals surface area (Å²) in [6.07, 6.45) is 4.91. The number of rotatable bonds is 4. The van der Waals surface area contributed by atoms with Crippen LogP contribution in [0.5, 0.6) is 0 Å². The minimum Gasteiger partial charge on any atom is -0.318 e. The molecule has 0 saturated carbocycles. The second kappa shape index (κ2) is 5.58. The Morgan fingerprint density at radius 3 is 2.76 bits per heavy atom. The van der Waals surface area contributed by atoms with Gasteiger partial charge in [0, 0.05) is 13.2 Å². The number of carbonyl (C=O) groups is 1. The predicted molar refractivity (Wildman–Crippen MR) is 76.7 cm³/mol. The number of hydrogen-bond acceptors (Lipinski definition) is 4. The standard InChI is InChI=1S/C14H14N6O/c1-19-9-12(7-15-19)16-14(21)13-10-20(18-17-13)8-11-5-3-2-4-6-11/h2-7,9-10H,8H2,1H3,(H,16,21). The van der Waals surface area contributed by atoms with Gasteiger partial charge in [-0.1, -0.05) is 35.5 Å². The second-order valence-electron chi connectivity index (χ2n) is 4.64. The van der Waals surface area contributed by atoms with Gasteiger partial charge in [0.15, 0.2) is 5.69 Å². The quantitative estimate of drug-likeness (QED) is 0.782. The lowest BCUT2D eigenvalue weighted by molar-refractivity contribution is 0.102. The third kappa shape index (κ3) is 3.14. The zero-order valence-electron chi connectivity index (χ0n) is 11.5. The summed E-state index contributed by atoms with van der Waals surface area (Å²) < 4.78 is 3.25. The van der Waals surface area contributed by atoms with E-state index >= 15 is 0 Å². The number of anilines is 1. The molecule has 0 saturated heterocycles. The monoisotopic (exact) mass is 282 g/mol. The van der Waals surface area contributed by atoms with Crippen LogP contribution in [-0.2, 0) is 13.6 Å². The number of carbonyl (C=O) groups excluding carboxylic acids is 1. The number of benzene rings is 1. The highest BCUT2D eigenvalue weighted by molar-refractivity contribution is 6.02. The van der Waals surface area contributed by atoms with E-state index in [-0.39, 0.29) is 11.6 Å². The van der Waals surface area contributed by atoms with Crippen LogP contribution in [-0.4, -0.2) is 30.7 Å². The van der Waals surface area contributed by atoms with E-state index in [1.807, 2.05) is 30.3 Å². The fourth-order valence-corrected chi connectivity index (χ4v) is 1.93. The summed E-state index contributed by atoms with van der Waals surface area (Å²) in [5.41, 5.74) is 2.00. The summed E-state index contributed by atoms with van der Waals surface area (Å²) in [5.74, 6) is -0.303. The molecule has 1 amide bonds. The summed E-state index contributed by atoms with van der Waals surface area (Å²) in [6.45, 7) is 0.577. The molecule has 0 unspecified atom stereocenters. The molecule has 106 valence electrons. The van der Waals surface area contributed by atoms with Gasteiger partial charge >= 0.3 is 0 Å². The number of nitrogens with one attached hydrogen (secondary N) is 1. The maximum absolute atomic E-state index is 12.0. The van der Waals surface area contributed by atoms with Crippen LogP contribution in [0, 0.1) is 0 Å². The lowest BCUT2D eigenvalue weighted by atomic mass is 10.2. The molecule has 0 bridgehead atoms. The molecule has 0 aliphatic carbocycles. The predicted octanol–water partition coefficient (Wildman–Crippen LogP) is 1.31. The fraction of sp³-hybridized carbons (Fsp3) is 0.143. The Morgan fingerprint density at radius 2 is 2.05 bits per heavy atom. The Balaban J connectivity index is 1.68. The molecule has 7 heteroatoms. The van der Waals surface area contributed by atoms with Gasteiger partial charge < -0.3 is 5.32 Å². The minimum atomic E-state index is -0.303. The van der Waals surface area contributed by atoms with Crippen molar-refractivity contribution >= 4 is 11.6 Å². The summed E-state index contributed by atoms with van der Waals surface area (Å²) >= 11 is 0. The first kappa shape index (κ1) is 13.0. The Labute approximate surface area is 121 Å². The molecule has 21 heavy (non-hydrogen) atoms. The van der Waals surface area contributed by atoms with E-state index in [1.165, 1.54) is 0 Å². The van der Waals surface area contributed by atoms with E-state index < -0.39 is 0 Å². The van der Waals surface area contributed by atoms with E-state index in [4.69, 9.17) is 0 Å². The maximum atomic E-state index is 12.0. The normalized spacial score (nSPS) is 10.5. The zero-order valence-corrected chi connectivity index (χ0v) is 11.5. The number of nitrogens with zero attached hydrogens (tertiary/aromatic N) is 5. The molecular formula is C14H14N6O. The molecule has 3 aromatic rings. The van der Waals surface area contributed by atoms with E-state index in [0.29, 0.717) is 12.2 Å². The smallest absolute Gasteiger partial charge is 0.277 e. The average molecular weight is 282 g/mol. The van der Waals surface area contributed by atoms with Crippen molar-refractivity contribution < 1.29 is 4.79 Å². The van der Waals surface area contributed by atoms with Crippen molar-refractivity contribution in [2.24, 2.45) is 7.05 Å². The van der Waals surface area contributed by atoms with Crippen molar-refractivity contribution in [1.29, 1.82) is 0 Å². The van der Waals surface area contributed by atoms with Gasteiger partial charge in [0.2, 0.25) is 0 Å². The molecule has 1 aromatic carbocycles.